The van der Waals surface area contributed by atoms with Crippen molar-refractivity contribution in [2.75, 3.05) is 52.5 Å². The Morgan fingerprint density at radius 2 is 2.07 bits per heavy atom. The maximum atomic E-state index is 13.3. The van der Waals surface area contributed by atoms with Gasteiger partial charge in [-0.05, 0) is 44.9 Å². The number of ether oxygens (including phenoxy) is 2. The molecule has 0 aromatic heterocycles. The summed E-state index contributed by atoms with van der Waals surface area (Å²) in [4.78, 5) is 7.10. The van der Waals surface area contributed by atoms with E-state index in [0.29, 0.717) is 12.3 Å². The molecule has 2 N–H and O–H groups in total. The molecule has 6 nitrogen and oxygen atoms in total. The third-order valence-electron chi connectivity index (χ3n) is 4.65. The third-order valence-corrected chi connectivity index (χ3v) is 4.65. The number of rotatable bonds is 11. The maximum absolute atomic E-state index is 13.3. The Morgan fingerprint density at radius 1 is 1.25 bits per heavy atom. The second kappa shape index (κ2) is 13.3. The van der Waals surface area contributed by atoms with Gasteiger partial charge in [0.15, 0.2) is 5.96 Å². The lowest BCUT2D eigenvalue weighted by Crippen LogP contribution is -2.39. The first-order valence-electron chi connectivity index (χ1n) is 10.5. The Morgan fingerprint density at radius 3 is 2.79 bits per heavy atom. The lowest BCUT2D eigenvalue weighted by atomic mass is 10.2. The smallest absolute Gasteiger partial charge is 0.191 e. The van der Waals surface area contributed by atoms with Crippen LogP contribution >= 0.6 is 0 Å². The first-order chi connectivity index (χ1) is 13.7. The molecule has 1 aromatic carbocycles. The molecule has 1 aliphatic heterocycles. The number of unbranched alkanes of at least 4 members (excludes halogenated alkanes) is 1. The molecule has 0 bridgehead atoms. The largest absolute Gasteiger partial charge is 0.488 e. The fourth-order valence-electron chi connectivity index (χ4n) is 3.01. The van der Waals surface area contributed by atoms with Crippen LogP contribution < -0.4 is 15.4 Å². The average molecular weight is 395 g/mol. The molecule has 2 rings (SSSR count). The first-order valence-corrected chi connectivity index (χ1v) is 10.5. The summed E-state index contributed by atoms with van der Waals surface area (Å²) in [5, 5.41) is 6.66. The van der Waals surface area contributed by atoms with Gasteiger partial charge in [-0.1, -0.05) is 13.0 Å². The second-order valence-electron chi connectivity index (χ2n) is 6.91. The van der Waals surface area contributed by atoms with Crippen LogP contribution in [-0.4, -0.2) is 69.4 Å². The molecule has 0 amide bonds. The SMILES string of the molecule is CCNC(=NCC(CC)Oc1cccc(F)c1)NCCCCN1CCOCC1. The fraction of sp³-hybridized carbons (Fsp3) is 0.667. The third kappa shape index (κ3) is 8.89. The predicted molar refractivity (Wildman–Crippen MR) is 112 cm³/mol. The van der Waals surface area contributed by atoms with Gasteiger partial charge in [-0.25, -0.2) is 9.38 Å². The van der Waals surface area contributed by atoms with E-state index in [1.54, 1.807) is 12.1 Å². The molecule has 1 unspecified atom stereocenters. The van der Waals surface area contributed by atoms with Gasteiger partial charge in [0.2, 0.25) is 0 Å². The molecule has 28 heavy (non-hydrogen) atoms. The highest BCUT2D eigenvalue weighted by atomic mass is 19.1. The molecule has 0 spiro atoms. The zero-order valence-corrected chi connectivity index (χ0v) is 17.3. The molecule has 0 radical (unpaired) electrons. The van der Waals surface area contributed by atoms with Crippen molar-refractivity contribution in [3.63, 3.8) is 0 Å². The average Bonchev–Trinajstić information content (AvgIpc) is 2.71. The van der Waals surface area contributed by atoms with Crippen molar-refractivity contribution in [1.82, 2.24) is 15.5 Å². The Hall–Kier alpha value is -1.86. The minimum absolute atomic E-state index is 0.0847. The summed E-state index contributed by atoms with van der Waals surface area (Å²) in [6.07, 6.45) is 2.98. The van der Waals surface area contributed by atoms with Gasteiger partial charge in [0, 0.05) is 32.2 Å². The Bertz CT molecular complexity index is 579. The summed E-state index contributed by atoms with van der Waals surface area (Å²) in [6, 6.07) is 6.25. The lowest BCUT2D eigenvalue weighted by Gasteiger charge is -2.26. The van der Waals surface area contributed by atoms with Crippen LogP contribution in [0.2, 0.25) is 0 Å². The molecule has 0 saturated carbocycles. The van der Waals surface area contributed by atoms with E-state index in [-0.39, 0.29) is 11.9 Å². The number of aliphatic imine (C=N–C) groups is 1. The summed E-state index contributed by atoms with van der Waals surface area (Å²) >= 11 is 0. The van der Waals surface area contributed by atoms with Gasteiger partial charge in [0.05, 0.1) is 19.8 Å². The molecule has 1 aromatic rings. The number of morpholine rings is 1. The number of hydrogen-bond donors (Lipinski definition) is 2. The van der Waals surface area contributed by atoms with Crippen molar-refractivity contribution in [1.29, 1.82) is 0 Å². The molecular formula is C21H35FN4O2. The number of halogens is 1. The van der Waals surface area contributed by atoms with Gasteiger partial charge in [-0.3, -0.25) is 4.90 Å². The second-order valence-corrected chi connectivity index (χ2v) is 6.91. The van der Waals surface area contributed by atoms with E-state index >= 15 is 0 Å². The first kappa shape index (κ1) is 22.4. The van der Waals surface area contributed by atoms with Crippen LogP contribution in [0.1, 0.15) is 33.1 Å². The van der Waals surface area contributed by atoms with E-state index in [4.69, 9.17) is 9.47 Å². The van der Waals surface area contributed by atoms with Crippen LogP contribution in [0.3, 0.4) is 0 Å². The fourth-order valence-corrected chi connectivity index (χ4v) is 3.01. The van der Waals surface area contributed by atoms with Crippen LogP contribution in [0.4, 0.5) is 4.39 Å². The van der Waals surface area contributed by atoms with Gasteiger partial charge in [0.25, 0.3) is 0 Å². The van der Waals surface area contributed by atoms with Crippen molar-refractivity contribution in [3.8, 4) is 5.75 Å². The molecule has 1 atom stereocenters. The van der Waals surface area contributed by atoms with Crippen molar-refractivity contribution < 1.29 is 13.9 Å². The molecular weight excluding hydrogens is 359 g/mol. The zero-order valence-electron chi connectivity index (χ0n) is 17.3. The minimum Gasteiger partial charge on any atom is -0.488 e. The molecule has 1 heterocycles. The standard InChI is InChI=1S/C21H35FN4O2/c1-3-19(28-20-9-7-8-18(22)16-20)17-25-21(23-4-2)24-10-5-6-11-26-12-14-27-15-13-26/h7-9,16,19H,3-6,10-15,17H2,1-2H3,(H2,23,24,25). The number of nitrogens with zero attached hydrogens (tertiary/aromatic N) is 2. The van der Waals surface area contributed by atoms with Crippen molar-refractivity contribution in [2.45, 2.75) is 39.2 Å². The van der Waals surface area contributed by atoms with E-state index in [9.17, 15) is 4.39 Å². The normalized spacial score (nSPS) is 16.6. The topological polar surface area (TPSA) is 58.1 Å². The van der Waals surface area contributed by atoms with Crippen molar-refractivity contribution >= 4 is 5.96 Å². The molecule has 158 valence electrons. The molecule has 1 aliphatic rings. The van der Waals surface area contributed by atoms with Crippen LogP contribution in [0.25, 0.3) is 0 Å². The van der Waals surface area contributed by atoms with Crippen molar-refractivity contribution in [3.05, 3.63) is 30.1 Å². The monoisotopic (exact) mass is 394 g/mol. The number of nitrogens with one attached hydrogen (secondary N) is 2. The van der Waals surface area contributed by atoms with E-state index in [2.05, 4.69) is 27.4 Å². The van der Waals surface area contributed by atoms with E-state index < -0.39 is 0 Å². The van der Waals surface area contributed by atoms with Crippen LogP contribution in [0.5, 0.6) is 5.75 Å². The summed E-state index contributed by atoms with van der Waals surface area (Å²) in [5.41, 5.74) is 0. The van der Waals surface area contributed by atoms with Crippen molar-refractivity contribution in [2.24, 2.45) is 4.99 Å². The predicted octanol–water partition coefficient (Wildman–Crippen LogP) is 2.65. The van der Waals surface area contributed by atoms with Gasteiger partial charge in [0.1, 0.15) is 17.7 Å². The highest BCUT2D eigenvalue weighted by molar-refractivity contribution is 5.79. The van der Waals surface area contributed by atoms with Gasteiger partial charge < -0.3 is 20.1 Å². The zero-order chi connectivity index (χ0) is 20.0. The maximum Gasteiger partial charge on any atom is 0.191 e. The number of hydrogen-bond acceptors (Lipinski definition) is 4. The van der Waals surface area contributed by atoms with Gasteiger partial charge in [-0.2, -0.15) is 0 Å². The minimum atomic E-state index is -0.289. The Labute approximate surface area is 168 Å². The lowest BCUT2D eigenvalue weighted by molar-refractivity contribution is 0.0372. The summed E-state index contributed by atoms with van der Waals surface area (Å²) < 4.78 is 24.6. The van der Waals surface area contributed by atoms with Crippen LogP contribution in [0, 0.1) is 5.82 Å². The molecule has 1 fully saturated rings. The number of guanidine groups is 1. The van der Waals surface area contributed by atoms with Crippen LogP contribution in [-0.2, 0) is 4.74 Å². The van der Waals surface area contributed by atoms with Gasteiger partial charge in [-0.15, -0.1) is 0 Å². The molecule has 7 heteroatoms. The Kier molecular flexibility index (Phi) is 10.7. The van der Waals surface area contributed by atoms with E-state index in [1.165, 1.54) is 12.1 Å². The van der Waals surface area contributed by atoms with Gasteiger partial charge >= 0.3 is 0 Å². The van der Waals surface area contributed by atoms with E-state index in [1.807, 2.05) is 6.92 Å². The highest BCUT2D eigenvalue weighted by Gasteiger charge is 2.10. The molecule has 0 aliphatic carbocycles. The summed E-state index contributed by atoms with van der Waals surface area (Å²) in [5.74, 6) is 1.06. The van der Waals surface area contributed by atoms with E-state index in [0.717, 1.165) is 71.2 Å². The Balaban J connectivity index is 1.71. The highest BCUT2D eigenvalue weighted by Crippen LogP contribution is 2.15. The molecule has 1 saturated heterocycles. The summed E-state index contributed by atoms with van der Waals surface area (Å²) in [7, 11) is 0. The number of benzene rings is 1. The summed E-state index contributed by atoms with van der Waals surface area (Å²) in [6.45, 7) is 11.2. The quantitative estimate of drug-likeness (QED) is 0.343. The van der Waals surface area contributed by atoms with Crippen LogP contribution in [0.15, 0.2) is 29.3 Å².